The summed E-state index contributed by atoms with van der Waals surface area (Å²) in [4.78, 5) is 1.88. The molecule has 0 saturated carbocycles. The van der Waals surface area contributed by atoms with Crippen LogP contribution in [0.3, 0.4) is 0 Å². The molecule has 2 N–H and O–H groups in total. The zero-order valence-corrected chi connectivity index (χ0v) is 12.8. The second-order valence-electron chi connectivity index (χ2n) is 4.68. The van der Waals surface area contributed by atoms with Crippen molar-refractivity contribution in [2.24, 2.45) is 0 Å². The maximum Gasteiger partial charge on any atom is 0.236 e. The Kier molecular flexibility index (Phi) is 5.62. The van der Waals surface area contributed by atoms with Gasteiger partial charge in [-0.1, -0.05) is 19.1 Å². The molecule has 0 aliphatic heterocycles. The Bertz CT molecular complexity index is 500. The zero-order valence-electron chi connectivity index (χ0n) is 12.0. The highest BCUT2D eigenvalue weighted by Gasteiger charge is 2.21. The molecule has 0 aliphatic rings. The molecule has 1 atom stereocenters. The molecule has 0 aliphatic carbocycles. The number of para-hydroxylation sites is 2. The SMILES string of the molecule is CCNCC(C)S(=O)(=O)Nc1ccccc1N(C)C. The van der Waals surface area contributed by atoms with E-state index >= 15 is 0 Å². The van der Waals surface area contributed by atoms with Gasteiger partial charge in [-0.3, -0.25) is 4.72 Å². The molecule has 1 aromatic rings. The molecular weight excluding hydrogens is 262 g/mol. The molecule has 1 aromatic carbocycles. The van der Waals surface area contributed by atoms with Gasteiger partial charge in [0.1, 0.15) is 0 Å². The summed E-state index contributed by atoms with van der Waals surface area (Å²) in [7, 11) is 0.387. The molecule has 1 rings (SSSR count). The summed E-state index contributed by atoms with van der Waals surface area (Å²) in [6.07, 6.45) is 0. The number of benzene rings is 1. The molecule has 0 bridgehead atoms. The highest BCUT2D eigenvalue weighted by Crippen LogP contribution is 2.25. The smallest absolute Gasteiger partial charge is 0.236 e. The lowest BCUT2D eigenvalue weighted by atomic mass is 10.2. The lowest BCUT2D eigenvalue weighted by molar-refractivity contribution is 0.579. The van der Waals surface area contributed by atoms with E-state index in [0.717, 1.165) is 12.2 Å². The third-order valence-corrected chi connectivity index (χ3v) is 4.58. The van der Waals surface area contributed by atoms with E-state index in [9.17, 15) is 8.42 Å². The van der Waals surface area contributed by atoms with Gasteiger partial charge in [0.25, 0.3) is 0 Å². The summed E-state index contributed by atoms with van der Waals surface area (Å²) in [5.74, 6) is 0. The van der Waals surface area contributed by atoms with Crippen LogP contribution < -0.4 is 14.9 Å². The first-order valence-electron chi connectivity index (χ1n) is 6.37. The fourth-order valence-corrected chi connectivity index (χ4v) is 2.68. The van der Waals surface area contributed by atoms with Gasteiger partial charge in [-0.15, -0.1) is 0 Å². The van der Waals surface area contributed by atoms with Crippen molar-refractivity contribution in [2.75, 3.05) is 36.8 Å². The molecule has 0 amide bonds. The van der Waals surface area contributed by atoms with Crippen LogP contribution in [0.4, 0.5) is 11.4 Å². The van der Waals surface area contributed by atoms with Crippen molar-refractivity contribution in [1.29, 1.82) is 0 Å². The van der Waals surface area contributed by atoms with E-state index in [1.807, 2.05) is 44.1 Å². The van der Waals surface area contributed by atoms with Gasteiger partial charge in [-0.2, -0.15) is 0 Å². The number of anilines is 2. The average Bonchev–Trinajstić information content (AvgIpc) is 2.35. The molecule has 0 aromatic heterocycles. The largest absolute Gasteiger partial charge is 0.376 e. The number of hydrogen-bond donors (Lipinski definition) is 2. The van der Waals surface area contributed by atoms with E-state index in [-0.39, 0.29) is 0 Å². The minimum atomic E-state index is -3.38. The highest BCUT2D eigenvalue weighted by molar-refractivity contribution is 7.93. The van der Waals surface area contributed by atoms with Crippen molar-refractivity contribution >= 4 is 21.4 Å². The Morgan fingerprint density at radius 2 is 1.89 bits per heavy atom. The maximum absolute atomic E-state index is 12.2. The Balaban J connectivity index is 2.89. The number of nitrogens with zero attached hydrogens (tertiary/aromatic N) is 1. The van der Waals surface area contributed by atoms with Crippen LogP contribution in [0.2, 0.25) is 0 Å². The summed E-state index contributed by atoms with van der Waals surface area (Å²) in [5.41, 5.74) is 1.46. The Morgan fingerprint density at radius 3 is 2.47 bits per heavy atom. The normalized spacial score (nSPS) is 13.1. The maximum atomic E-state index is 12.2. The second kappa shape index (κ2) is 6.77. The highest BCUT2D eigenvalue weighted by atomic mass is 32.2. The van der Waals surface area contributed by atoms with Gasteiger partial charge >= 0.3 is 0 Å². The van der Waals surface area contributed by atoms with Crippen LogP contribution >= 0.6 is 0 Å². The van der Waals surface area contributed by atoms with Crippen molar-refractivity contribution < 1.29 is 8.42 Å². The lowest BCUT2D eigenvalue weighted by Crippen LogP contribution is -2.35. The van der Waals surface area contributed by atoms with E-state index in [1.54, 1.807) is 13.0 Å². The van der Waals surface area contributed by atoms with Crippen molar-refractivity contribution in [3.63, 3.8) is 0 Å². The fraction of sp³-hybridized carbons (Fsp3) is 0.538. The Morgan fingerprint density at radius 1 is 1.26 bits per heavy atom. The first-order chi connectivity index (χ1) is 8.88. The predicted molar refractivity (Wildman–Crippen MR) is 81.3 cm³/mol. The molecular formula is C13H23N3O2S. The van der Waals surface area contributed by atoms with Gasteiger partial charge in [0, 0.05) is 20.6 Å². The number of nitrogens with one attached hydrogen (secondary N) is 2. The zero-order chi connectivity index (χ0) is 14.5. The van der Waals surface area contributed by atoms with Gasteiger partial charge < -0.3 is 10.2 Å². The first-order valence-corrected chi connectivity index (χ1v) is 7.91. The van der Waals surface area contributed by atoms with E-state index in [0.29, 0.717) is 12.2 Å². The lowest BCUT2D eigenvalue weighted by Gasteiger charge is -2.20. The van der Waals surface area contributed by atoms with Crippen molar-refractivity contribution in [2.45, 2.75) is 19.1 Å². The van der Waals surface area contributed by atoms with Gasteiger partial charge in [-0.05, 0) is 25.6 Å². The van der Waals surface area contributed by atoms with Crippen LogP contribution in [-0.2, 0) is 10.0 Å². The minimum Gasteiger partial charge on any atom is -0.376 e. The van der Waals surface area contributed by atoms with Gasteiger partial charge in [0.15, 0.2) is 0 Å². The van der Waals surface area contributed by atoms with Gasteiger partial charge in [0.2, 0.25) is 10.0 Å². The third kappa shape index (κ3) is 4.40. The summed E-state index contributed by atoms with van der Waals surface area (Å²) in [6.45, 7) is 4.85. The first kappa shape index (κ1) is 15.8. The number of sulfonamides is 1. The third-order valence-electron chi connectivity index (χ3n) is 2.85. The standard InChI is InChI=1S/C13H23N3O2S/c1-5-14-10-11(2)19(17,18)15-12-8-6-7-9-13(12)16(3)4/h6-9,11,14-15H,5,10H2,1-4H3. The van der Waals surface area contributed by atoms with Crippen molar-refractivity contribution in [1.82, 2.24) is 5.32 Å². The quantitative estimate of drug-likeness (QED) is 0.797. The van der Waals surface area contributed by atoms with Crippen LogP contribution in [-0.4, -0.2) is 40.9 Å². The van der Waals surface area contributed by atoms with Crippen LogP contribution in [0.5, 0.6) is 0 Å². The molecule has 5 nitrogen and oxygen atoms in total. The second-order valence-corrected chi connectivity index (χ2v) is 6.78. The molecule has 6 heteroatoms. The molecule has 1 unspecified atom stereocenters. The van der Waals surface area contributed by atoms with E-state index in [4.69, 9.17) is 0 Å². The minimum absolute atomic E-state index is 0.440. The Labute approximate surface area is 116 Å². The average molecular weight is 285 g/mol. The van der Waals surface area contributed by atoms with Crippen LogP contribution in [0.1, 0.15) is 13.8 Å². The number of hydrogen-bond acceptors (Lipinski definition) is 4. The van der Waals surface area contributed by atoms with Crippen LogP contribution in [0, 0.1) is 0 Å². The van der Waals surface area contributed by atoms with Crippen molar-refractivity contribution in [3.8, 4) is 0 Å². The van der Waals surface area contributed by atoms with Gasteiger partial charge in [0.05, 0.1) is 16.6 Å². The van der Waals surface area contributed by atoms with Crippen molar-refractivity contribution in [3.05, 3.63) is 24.3 Å². The van der Waals surface area contributed by atoms with Crippen LogP contribution in [0.15, 0.2) is 24.3 Å². The van der Waals surface area contributed by atoms with E-state index < -0.39 is 15.3 Å². The summed E-state index contributed by atoms with van der Waals surface area (Å²) < 4.78 is 27.1. The molecule has 0 fully saturated rings. The molecule has 0 saturated heterocycles. The van der Waals surface area contributed by atoms with E-state index in [1.165, 1.54) is 0 Å². The molecule has 0 radical (unpaired) electrons. The van der Waals surface area contributed by atoms with E-state index in [2.05, 4.69) is 10.0 Å². The number of rotatable bonds is 7. The molecule has 19 heavy (non-hydrogen) atoms. The summed E-state index contributed by atoms with van der Waals surface area (Å²) >= 11 is 0. The topological polar surface area (TPSA) is 61.4 Å². The molecule has 108 valence electrons. The van der Waals surface area contributed by atoms with Gasteiger partial charge in [-0.25, -0.2) is 8.42 Å². The Hall–Kier alpha value is -1.27. The monoisotopic (exact) mass is 285 g/mol. The molecule has 0 spiro atoms. The molecule has 0 heterocycles. The predicted octanol–water partition coefficient (Wildman–Crippen LogP) is 1.49. The summed E-state index contributed by atoms with van der Waals surface area (Å²) in [5, 5.41) is 2.56. The fourth-order valence-electron chi connectivity index (χ4n) is 1.66. The summed E-state index contributed by atoms with van der Waals surface area (Å²) in [6, 6.07) is 7.36. The van der Waals surface area contributed by atoms with Crippen LogP contribution in [0.25, 0.3) is 0 Å².